The number of fused-ring (bicyclic) bond motifs is 3. The third kappa shape index (κ3) is 2.44. The molecule has 5 nitrogen and oxygen atoms in total. The third-order valence-electron chi connectivity index (χ3n) is 6.18. The first kappa shape index (κ1) is 17.8. The molecule has 144 valence electrons. The molecule has 0 aliphatic carbocycles. The Bertz CT molecular complexity index is 1210. The number of aromatic nitrogens is 1. The van der Waals surface area contributed by atoms with Gasteiger partial charge in [0.25, 0.3) is 5.91 Å². The van der Waals surface area contributed by atoms with E-state index in [4.69, 9.17) is 11.6 Å². The number of H-pyrrole nitrogens is 1. The first-order valence-corrected chi connectivity index (χ1v) is 11.3. The second-order valence-electron chi connectivity index (χ2n) is 7.59. The number of hydrogen-bond donors (Lipinski definition) is 1. The summed E-state index contributed by atoms with van der Waals surface area (Å²) >= 11 is 6.02. The van der Waals surface area contributed by atoms with Gasteiger partial charge in [-0.1, -0.05) is 41.9 Å². The quantitative estimate of drug-likeness (QED) is 0.656. The molecule has 2 aliphatic heterocycles. The molecule has 28 heavy (non-hydrogen) atoms. The Morgan fingerprint density at radius 3 is 2.64 bits per heavy atom. The smallest absolute Gasteiger partial charge is 0.256 e. The number of carbonyl (C=O) groups excluding carboxylic acids is 1. The molecule has 0 radical (unpaired) electrons. The number of amides is 1. The predicted molar refractivity (Wildman–Crippen MR) is 109 cm³/mol. The van der Waals surface area contributed by atoms with Crippen LogP contribution in [0.4, 0.5) is 0 Å². The number of likely N-dealkylation sites (tertiary alicyclic amines) is 1. The minimum absolute atomic E-state index is 0.0768. The summed E-state index contributed by atoms with van der Waals surface area (Å²) in [7, 11) is -3.27. The molecule has 2 aromatic carbocycles. The van der Waals surface area contributed by atoms with Crippen LogP contribution in [0.25, 0.3) is 10.9 Å². The molecule has 1 aromatic heterocycles. The van der Waals surface area contributed by atoms with Crippen molar-refractivity contribution in [3.63, 3.8) is 0 Å². The highest BCUT2D eigenvalue weighted by molar-refractivity contribution is 7.92. The lowest BCUT2D eigenvalue weighted by Gasteiger charge is -2.39. The van der Waals surface area contributed by atoms with Crippen LogP contribution >= 0.6 is 11.6 Å². The van der Waals surface area contributed by atoms with Gasteiger partial charge in [-0.15, -0.1) is 0 Å². The molecule has 0 saturated carbocycles. The molecular formula is C21H19ClN2O3S. The van der Waals surface area contributed by atoms with Crippen molar-refractivity contribution >= 4 is 38.2 Å². The Morgan fingerprint density at radius 2 is 1.86 bits per heavy atom. The average Bonchev–Trinajstić information content (AvgIpc) is 3.19. The van der Waals surface area contributed by atoms with Gasteiger partial charge in [0.05, 0.1) is 11.3 Å². The van der Waals surface area contributed by atoms with Gasteiger partial charge in [-0.3, -0.25) is 4.79 Å². The van der Waals surface area contributed by atoms with Gasteiger partial charge in [0.15, 0.2) is 9.84 Å². The van der Waals surface area contributed by atoms with Crippen molar-refractivity contribution < 1.29 is 13.2 Å². The lowest BCUT2D eigenvalue weighted by molar-refractivity contribution is 0.0702. The van der Waals surface area contributed by atoms with E-state index in [1.165, 1.54) is 0 Å². The normalized spacial score (nSPS) is 19.8. The van der Waals surface area contributed by atoms with Crippen LogP contribution in [0.15, 0.2) is 48.7 Å². The van der Waals surface area contributed by atoms with Gasteiger partial charge < -0.3 is 9.88 Å². The monoisotopic (exact) mass is 414 g/mol. The molecular weight excluding hydrogens is 396 g/mol. The molecule has 3 heterocycles. The van der Waals surface area contributed by atoms with Crippen molar-refractivity contribution in [1.29, 1.82) is 0 Å². The molecule has 1 saturated heterocycles. The zero-order valence-electron chi connectivity index (χ0n) is 15.1. The Hall–Kier alpha value is -2.31. The lowest BCUT2D eigenvalue weighted by Crippen LogP contribution is -2.47. The molecule has 1 fully saturated rings. The van der Waals surface area contributed by atoms with Crippen molar-refractivity contribution in [2.24, 2.45) is 0 Å². The second kappa shape index (κ2) is 6.09. The number of piperidine rings is 1. The van der Waals surface area contributed by atoms with Gasteiger partial charge in [-0.2, -0.15) is 0 Å². The van der Waals surface area contributed by atoms with Gasteiger partial charge >= 0.3 is 0 Å². The fourth-order valence-corrected chi connectivity index (χ4v) is 7.15. The lowest BCUT2D eigenvalue weighted by atomic mass is 9.86. The van der Waals surface area contributed by atoms with E-state index >= 15 is 0 Å². The maximum Gasteiger partial charge on any atom is 0.256 e. The molecule has 3 aromatic rings. The summed E-state index contributed by atoms with van der Waals surface area (Å²) in [5.41, 5.74) is 3.23. The third-order valence-corrected chi connectivity index (χ3v) is 8.93. The van der Waals surface area contributed by atoms with Crippen LogP contribution < -0.4 is 0 Å². The van der Waals surface area contributed by atoms with Crippen LogP contribution in [0.2, 0.25) is 5.02 Å². The number of benzene rings is 2. The van der Waals surface area contributed by atoms with Crippen molar-refractivity contribution in [3.05, 3.63) is 70.4 Å². The zero-order valence-corrected chi connectivity index (χ0v) is 16.7. The van der Waals surface area contributed by atoms with E-state index < -0.39 is 14.6 Å². The average molecular weight is 415 g/mol. The van der Waals surface area contributed by atoms with Crippen molar-refractivity contribution in [2.75, 3.05) is 13.1 Å². The maximum absolute atomic E-state index is 13.1. The van der Waals surface area contributed by atoms with Crippen molar-refractivity contribution in [1.82, 2.24) is 9.88 Å². The summed E-state index contributed by atoms with van der Waals surface area (Å²) < 4.78 is 25.1. The number of hydrogen-bond acceptors (Lipinski definition) is 3. The molecule has 1 N–H and O–H groups in total. The van der Waals surface area contributed by atoms with E-state index in [-0.39, 0.29) is 11.7 Å². The second-order valence-corrected chi connectivity index (χ2v) is 10.3. The minimum Gasteiger partial charge on any atom is -0.360 e. The highest BCUT2D eigenvalue weighted by Gasteiger charge is 2.52. The van der Waals surface area contributed by atoms with E-state index in [0.717, 1.165) is 22.0 Å². The number of aromatic amines is 1. The van der Waals surface area contributed by atoms with Crippen LogP contribution in [-0.4, -0.2) is 37.3 Å². The van der Waals surface area contributed by atoms with E-state index in [9.17, 15) is 13.2 Å². The van der Waals surface area contributed by atoms with E-state index in [2.05, 4.69) is 4.98 Å². The maximum atomic E-state index is 13.1. The molecule has 1 amide bonds. The molecule has 2 aliphatic rings. The first-order chi connectivity index (χ1) is 13.4. The summed E-state index contributed by atoms with van der Waals surface area (Å²) in [5.74, 6) is 0.0208. The summed E-state index contributed by atoms with van der Waals surface area (Å²) in [4.78, 5) is 18.0. The molecule has 0 unspecified atom stereocenters. The van der Waals surface area contributed by atoms with Gasteiger partial charge in [0, 0.05) is 35.2 Å². The number of nitrogens with one attached hydrogen (secondary N) is 1. The number of carbonyl (C=O) groups is 1. The summed E-state index contributed by atoms with van der Waals surface area (Å²) in [5, 5.41) is 1.44. The summed E-state index contributed by atoms with van der Waals surface area (Å²) in [6.07, 6.45) is 2.58. The topological polar surface area (TPSA) is 70.2 Å². The van der Waals surface area contributed by atoms with Crippen molar-refractivity contribution in [2.45, 2.75) is 23.3 Å². The fourth-order valence-electron chi connectivity index (χ4n) is 4.70. The zero-order chi connectivity index (χ0) is 19.5. The van der Waals surface area contributed by atoms with Gasteiger partial charge in [0.2, 0.25) is 0 Å². The van der Waals surface area contributed by atoms with Crippen LogP contribution in [0.3, 0.4) is 0 Å². The van der Waals surface area contributed by atoms with Gasteiger partial charge in [-0.05, 0) is 36.1 Å². The van der Waals surface area contributed by atoms with Crippen LogP contribution in [0.5, 0.6) is 0 Å². The molecule has 1 spiro atoms. The largest absolute Gasteiger partial charge is 0.360 e. The summed E-state index contributed by atoms with van der Waals surface area (Å²) in [6.45, 7) is 0.847. The predicted octanol–water partition coefficient (Wildman–Crippen LogP) is 3.88. The van der Waals surface area contributed by atoms with E-state index in [0.29, 0.717) is 36.5 Å². The fraction of sp³-hybridized carbons (Fsp3) is 0.286. The van der Waals surface area contributed by atoms with Crippen LogP contribution in [0, 0.1) is 0 Å². The number of sulfone groups is 1. The Labute approximate surface area is 168 Å². The Balaban J connectivity index is 1.44. The Morgan fingerprint density at radius 1 is 1.11 bits per heavy atom. The number of halogens is 1. The molecule has 5 rings (SSSR count). The number of nitrogens with zero attached hydrogens (tertiary/aromatic N) is 1. The van der Waals surface area contributed by atoms with E-state index in [1.54, 1.807) is 23.2 Å². The Kier molecular flexibility index (Phi) is 3.87. The molecule has 7 heteroatoms. The van der Waals surface area contributed by atoms with Crippen molar-refractivity contribution in [3.8, 4) is 0 Å². The first-order valence-electron chi connectivity index (χ1n) is 9.28. The highest BCUT2D eigenvalue weighted by atomic mass is 35.5. The van der Waals surface area contributed by atoms with Crippen LogP contribution in [-0.2, 0) is 20.3 Å². The van der Waals surface area contributed by atoms with Gasteiger partial charge in [-0.25, -0.2) is 8.42 Å². The SMILES string of the molecule is O=C(c1c[nH]c2cc(Cl)ccc12)N1CCC2(CC1)c1ccccc1CS2(=O)=O. The molecule has 0 bridgehead atoms. The standard InChI is InChI=1S/C21H19ClN2O3S/c22-15-5-6-16-17(12-23-19(16)11-15)20(25)24-9-7-21(8-10-24)18-4-2-1-3-14(18)13-28(21,26)27/h1-6,11-12,23H,7-10,13H2. The van der Waals surface area contributed by atoms with Gasteiger partial charge in [0.1, 0.15) is 4.75 Å². The minimum atomic E-state index is -3.27. The molecule has 0 atom stereocenters. The summed E-state index contributed by atoms with van der Waals surface area (Å²) in [6, 6.07) is 13.0. The van der Waals surface area contributed by atoms with E-state index in [1.807, 2.05) is 30.3 Å². The number of rotatable bonds is 1. The highest BCUT2D eigenvalue weighted by Crippen LogP contribution is 2.48. The van der Waals surface area contributed by atoms with Crippen LogP contribution in [0.1, 0.15) is 34.3 Å².